The van der Waals surface area contributed by atoms with Crippen molar-refractivity contribution in [2.75, 3.05) is 43.9 Å². The minimum atomic E-state index is -0.209. The van der Waals surface area contributed by atoms with Crippen molar-refractivity contribution in [2.24, 2.45) is 0 Å². The van der Waals surface area contributed by atoms with Crippen molar-refractivity contribution < 1.29 is 14.6 Å². The van der Waals surface area contributed by atoms with E-state index in [-0.39, 0.29) is 25.2 Å². The lowest BCUT2D eigenvalue weighted by molar-refractivity contribution is -0.120. The van der Waals surface area contributed by atoms with Gasteiger partial charge in [0, 0.05) is 23.2 Å². The van der Waals surface area contributed by atoms with Crippen LogP contribution in [0.1, 0.15) is 0 Å². The molecular weight excluding hydrogens is 326 g/mol. The first kappa shape index (κ1) is 15.2. The Morgan fingerprint density at radius 2 is 2.40 bits per heavy atom. The van der Waals surface area contributed by atoms with Gasteiger partial charge in [-0.15, -0.1) is 0 Å². The van der Waals surface area contributed by atoms with Gasteiger partial charge in [-0.2, -0.15) is 0 Å². The molecule has 0 aliphatic carbocycles. The van der Waals surface area contributed by atoms with E-state index < -0.39 is 0 Å². The third-order valence-electron chi connectivity index (χ3n) is 3.06. The van der Waals surface area contributed by atoms with Crippen molar-refractivity contribution in [1.82, 2.24) is 4.90 Å². The summed E-state index contributed by atoms with van der Waals surface area (Å²) >= 11 is 3.36. The second-order valence-corrected chi connectivity index (χ2v) is 5.55. The minimum Gasteiger partial charge on any atom is -0.399 e. The zero-order chi connectivity index (χ0) is 14.5. The number of hydrogen-bond acceptors (Lipinski definition) is 5. The number of amides is 1. The van der Waals surface area contributed by atoms with Crippen LogP contribution in [-0.2, 0) is 9.53 Å². The predicted molar refractivity (Wildman–Crippen MR) is 80.4 cm³/mol. The molecule has 20 heavy (non-hydrogen) atoms. The fourth-order valence-corrected chi connectivity index (χ4v) is 2.56. The Labute approximate surface area is 126 Å². The topological polar surface area (TPSA) is 87.8 Å². The van der Waals surface area contributed by atoms with Gasteiger partial charge in [-0.1, -0.05) is 0 Å². The van der Waals surface area contributed by atoms with Crippen LogP contribution in [0.25, 0.3) is 0 Å². The van der Waals surface area contributed by atoms with E-state index in [2.05, 4.69) is 21.2 Å². The van der Waals surface area contributed by atoms with Crippen molar-refractivity contribution in [3.63, 3.8) is 0 Å². The summed E-state index contributed by atoms with van der Waals surface area (Å²) in [5.74, 6) is -0.103. The van der Waals surface area contributed by atoms with E-state index >= 15 is 0 Å². The Bertz CT molecular complexity index is 484. The Morgan fingerprint density at radius 1 is 1.60 bits per heavy atom. The summed E-state index contributed by atoms with van der Waals surface area (Å²) in [4.78, 5) is 14.0. The number of anilines is 2. The van der Waals surface area contributed by atoms with E-state index in [9.17, 15) is 4.79 Å². The van der Waals surface area contributed by atoms with Crippen LogP contribution in [0, 0.1) is 0 Å². The highest BCUT2D eigenvalue weighted by Gasteiger charge is 2.21. The first-order chi connectivity index (χ1) is 9.58. The molecule has 6 nitrogen and oxygen atoms in total. The average Bonchev–Trinajstić information content (AvgIpc) is 2.42. The number of ether oxygens (including phenoxy) is 1. The second kappa shape index (κ2) is 7.03. The van der Waals surface area contributed by atoms with Crippen LogP contribution in [0.4, 0.5) is 11.4 Å². The molecule has 2 rings (SSSR count). The van der Waals surface area contributed by atoms with Crippen LogP contribution in [0.15, 0.2) is 22.7 Å². The number of nitrogens with one attached hydrogen (secondary N) is 1. The number of rotatable bonds is 4. The number of halogens is 1. The minimum absolute atomic E-state index is 0.0262. The SMILES string of the molecule is Nc1ccc(NC(=O)CN2CCOC(CO)C2)c(Br)c1. The summed E-state index contributed by atoms with van der Waals surface area (Å²) in [7, 11) is 0. The Morgan fingerprint density at radius 3 is 3.10 bits per heavy atom. The van der Waals surface area contributed by atoms with Crippen molar-refractivity contribution in [3.8, 4) is 0 Å². The molecule has 1 saturated heterocycles. The van der Waals surface area contributed by atoms with Gasteiger partial charge in [0.25, 0.3) is 0 Å². The number of aliphatic hydroxyl groups is 1. The first-order valence-electron chi connectivity index (χ1n) is 6.38. The molecule has 0 saturated carbocycles. The zero-order valence-corrected chi connectivity index (χ0v) is 12.6. The lowest BCUT2D eigenvalue weighted by Crippen LogP contribution is -2.46. The molecule has 1 aromatic rings. The van der Waals surface area contributed by atoms with Gasteiger partial charge < -0.3 is 20.9 Å². The van der Waals surface area contributed by atoms with Crippen LogP contribution < -0.4 is 11.1 Å². The summed E-state index contributed by atoms with van der Waals surface area (Å²) in [6.45, 7) is 2.03. The lowest BCUT2D eigenvalue weighted by Gasteiger charge is -2.31. The van der Waals surface area contributed by atoms with Gasteiger partial charge in [0.15, 0.2) is 0 Å². The van der Waals surface area contributed by atoms with Gasteiger partial charge in [0.2, 0.25) is 5.91 Å². The summed E-state index contributed by atoms with van der Waals surface area (Å²) in [6.07, 6.45) is -0.209. The Balaban J connectivity index is 1.88. The normalized spacial score (nSPS) is 19.8. The summed E-state index contributed by atoms with van der Waals surface area (Å²) in [5.41, 5.74) is 6.97. The quantitative estimate of drug-likeness (QED) is 0.699. The van der Waals surface area contributed by atoms with Crippen molar-refractivity contribution in [1.29, 1.82) is 0 Å². The third kappa shape index (κ3) is 4.17. The van der Waals surface area contributed by atoms with Crippen molar-refractivity contribution in [2.45, 2.75) is 6.10 Å². The highest BCUT2D eigenvalue weighted by Crippen LogP contribution is 2.24. The fourth-order valence-electron chi connectivity index (χ4n) is 2.06. The molecule has 0 spiro atoms. The summed E-state index contributed by atoms with van der Waals surface area (Å²) in [6, 6.07) is 5.23. The molecule has 1 atom stereocenters. The van der Waals surface area contributed by atoms with E-state index in [0.717, 1.165) is 4.47 Å². The molecule has 1 amide bonds. The third-order valence-corrected chi connectivity index (χ3v) is 3.72. The maximum absolute atomic E-state index is 12.0. The van der Waals surface area contributed by atoms with Crippen LogP contribution in [0.3, 0.4) is 0 Å². The second-order valence-electron chi connectivity index (χ2n) is 4.70. The van der Waals surface area contributed by atoms with E-state index in [1.807, 2.05) is 4.90 Å². The van der Waals surface area contributed by atoms with Gasteiger partial charge >= 0.3 is 0 Å². The number of morpholine rings is 1. The fraction of sp³-hybridized carbons (Fsp3) is 0.462. The molecule has 1 unspecified atom stereocenters. The standard InChI is InChI=1S/C13H18BrN3O3/c14-11-5-9(15)1-2-12(11)16-13(19)7-17-3-4-20-10(6-17)8-18/h1-2,5,10,18H,3-4,6-8,15H2,(H,16,19). The summed E-state index contributed by atoms with van der Waals surface area (Å²) < 4.78 is 6.10. The number of benzene rings is 1. The van der Waals surface area contributed by atoms with E-state index in [1.54, 1.807) is 18.2 Å². The molecule has 0 radical (unpaired) electrons. The highest BCUT2D eigenvalue weighted by molar-refractivity contribution is 9.10. The zero-order valence-electron chi connectivity index (χ0n) is 11.0. The molecule has 110 valence electrons. The van der Waals surface area contributed by atoms with Gasteiger partial charge in [-0.3, -0.25) is 9.69 Å². The molecular formula is C13H18BrN3O3. The lowest BCUT2D eigenvalue weighted by atomic mass is 10.2. The molecule has 1 aliphatic heterocycles. The van der Waals surface area contributed by atoms with E-state index in [4.69, 9.17) is 15.6 Å². The van der Waals surface area contributed by atoms with Crippen LogP contribution >= 0.6 is 15.9 Å². The van der Waals surface area contributed by atoms with Gasteiger partial charge in [-0.05, 0) is 34.1 Å². The van der Waals surface area contributed by atoms with Crippen LogP contribution in [0.2, 0.25) is 0 Å². The molecule has 7 heteroatoms. The maximum atomic E-state index is 12.0. The van der Waals surface area contributed by atoms with Crippen LogP contribution in [-0.4, -0.2) is 54.9 Å². The number of carbonyl (C=O) groups is 1. The van der Waals surface area contributed by atoms with E-state index in [0.29, 0.717) is 31.1 Å². The number of nitrogen functional groups attached to an aromatic ring is 1. The number of nitrogens with zero attached hydrogens (tertiary/aromatic N) is 1. The Hall–Kier alpha value is -1.15. The molecule has 1 aromatic carbocycles. The monoisotopic (exact) mass is 343 g/mol. The molecule has 0 bridgehead atoms. The van der Waals surface area contributed by atoms with Gasteiger partial charge in [-0.25, -0.2) is 0 Å². The molecule has 1 aliphatic rings. The number of hydrogen-bond donors (Lipinski definition) is 3. The smallest absolute Gasteiger partial charge is 0.238 e. The largest absolute Gasteiger partial charge is 0.399 e. The van der Waals surface area contributed by atoms with Gasteiger partial charge in [0.05, 0.1) is 31.5 Å². The Kier molecular flexibility index (Phi) is 5.36. The van der Waals surface area contributed by atoms with E-state index in [1.165, 1.54) is 0 Å². The van der Waals surface area contributed by atoms with Crippen molar-refractivity contribution >= 4 is 33.2 Å². The first-order valence-corrected chi connectivity index (χ1v) is 7.17. The van der Waals surface area contributed by atoms with Gasteiger partial charge in [0.1, 0.15) is 0 Å². The van der Waals surface area contributed by atoms with Crippen molar-refractivity contribution in [3.05, 3.63) is 22.7 Å². The number of nitrogens with two attached hydrogens (primary N) is 1. The molecule has 1 fully saturated rings. The number of aliphatic hydroxyl groups excluding tert-OH is 1. The van der Waals surface area contributed by atoms with Crippen LogP contribution in [0.5, 0.6) is 0 Å². The summed E-state index contributed by atoms with van der Waals surface area (Å²) in [5, 5.41) is 11.9. The average molecular weight is 344 g/mol. The predicted octanol–water partition coefficient (Wildman–Crippen LogP) is 0.663. The molecule has 1 heterocycles. The highest BCUT2D eigenvalue weighted by atomic mass is 79.9. The number of carbonyl (C=O) groups excluding carboxylic acids is 1. The maximum Gasteiger partial charge on any atom is 0.238 e. The molecule has 0 aromatic heterocycles. The molecule has 4 N–H and O–H groups in total.